The first-order valence-electron chi connectivity index (χ1n) is 5.07. The Balaban J connectivity index is 2.24. The quantitative estimate of drug-likeness (QED) is 0.828. The number of amides is 2. The van der Waals surface area contributed by atoms with Gasteiger partial charge in [0.2, 0.25) is 5.91 Å². The maximum atomic E-state index is 12.1. The number of carbonyl (C=O) groups is 2. The van der Waals surface area contributed by atoms with Gasteiger partial charge in [-0.15, -0.1) is 0 Å². The molecule has 1 aromatic rings. The molecule has 1 fully saturated rings. The molecule has 0 atom stereocenters. The van der Waals surface area contributed by atoms with Crippen LogP contribution in [0.3, 0.4) is 0 Å². The van der Waals surface area contributed by atoms with E-state index in [-0.39, 0.29) is 18.4 Å². The summed E-state index contributed by atoms with van der Waals surface area (Å²) in [4.78, 5) is 24.8. The van der Waals surface area contributed by atoms with Gasteiger partial charge >= 0.3 is 0 Å². The third-order valence-electron chi connectivity index (χ3n) is 2.66. The highest BCUT2D eigenvalue weighted by molar-refractivity contribution is 6.41. The van der Waals surface area contributed by atoms with Gasteiger partial charge < -0.3 is 14.8 Å². The van der Waals surface area contributed by atoms with Crippen LogP contribution >= 0.6 is 23.2 Å². The van der Waals surface area contributed by atoms with Crippen molar-refractivity contribution in [2.24, 2.45) is 7.05 Å². The van der Waals surface area contributed by atoms with Crippen molar-refractivity contribution in [3.05, 3.63) is 21.9 Å². The minimum absolute atomic E-state index is 0.0687. The number of carbonyl (C=O) groups excluding carboxylic acids is 2. The molecule has 2 rings (SSSR count). The maximum Gasteiger partial charge on any atom is 0.271 e. The number of halogens is 2. The van der Waals surface area contributed by atoms with Crippen LogP contribution in [-0.4, -0.2) is 40.9 Å². The average Bonchev–Trinajstić information content (AvgIpc) is 2.56. The molecule has 0 radical (unpaired) electrons. The number of nitrogens with zero attached hydrogens (tertiary/aromatic N) is 2. The zero-order valence-corrected chi connectivity index (χ0v) is 10.7. The van der Waals surface area contributed by atoms with Crippen LogP contribution in [0.25, 0.3) is 0 Å². The molecule has 1 N–H and O–H groups in total. The second-order valence-corrected chi connectivity index (χ2v) is 4.57. The van der Waals surface area contributed by atoms with Crippen LogP contribution in [-0.2, 0) is 11.8 Å². The molecule has 17 heavy (non-hydrogen) atoms. The number of hydrogen-bond acceptors (Lipinski definition) is 2. The fourth-order valence-electron chi connectivity index (χ4n) is 1.72. The molecule has 1 saturated heterocycles. The average molecular weight is 276 g/mol. The molecule has 7 heteroatoms. The van der Waals surface area contributed by atoms with Gasteiger partial charge in [0, 0.05) is 20.1 Å². The zero-order valence-electron chi connectivity index (χ0n) is 9.17. The van der Waals surface area contributed by atoms with E-state index in [9.17, 15) is 9.59 Å². The van der Waals surface area contributed by atoms with Crippen LogP contribution in [0.2, 0.25) is 10.2 Å². The number of rotatable bonds is 1. The summed E-state index contributed by atoms with van der Waals surface area (Å²) in [5.74, 6) is -0.396. The highest BCUT2D eigenvalue weighted by atomic mass is 35.5. The second kappa shape index (κ2) is 4.58. The summed E-state index contributed by atoms with van der Waals surface area (Å²) in [6, 6.07) is 1.51. The lowest BCUT2D eigenvalue weighted by Crippen LogP contribution is -2.50. The molecule has 1 aliphatic heterocycles. The van der Waals surface area contributed by atoms with Gasteiger partial charge in [-0.25, -0.2) is 0 Å². The molecule has 0 aliphatic carbocycles. The van der Waals surface area contributed by atoms with Crippen molar-refractivity contribution < 1.29 is 9.59 Å². The first-order chi connectivity index (χ1) is 8.00. The van der Waals surface area contributed by atoms with E-state index in [4.69, 9.17) is 23.2 Å². The second-order valence-electron chi connectivity index (χ2n) is 3.80. The van der Waals surface area contributed by atoms with Crippen molar-refractivity contribution >= 4 is 35.0 Å². The third-order valence-corrected chi connectivity index (χ3v) is 3.50. The molecule has 2 amide bonds. The van der Waals surface area contributed by atoms with Gasteiger partial charge in [0.15, 0.2) is 0 Å². The van der Waals surface area contributed by atoms with E-state index < -0.39 is 0 Å². The summed E-state index contributed by atoms with van der Waals surface area (Å²) in [5, 5.41) is 3.31. The lowest BCUT2D eigenvalue weighted by atomic mass is 10.3. The monoisotopic (exact) mass is 275 g/mol. The van der Waals surface area contributed by atoms with Crippen LogP contribution in [0.4, 0.5) is 0 Å². The maximum absolute atomic E-state index is 12.1. The molecule has 0 aromatic carbocycles. The third kappa shape index (κ3) is 2.25. The van der Waals surface area contributed by atoms with Crippen molar-refractivity contribution in [3.63, 3.8) is 0 Å². The van der Waals surface area contributed by atoms with Crippen molar-refractivity contribution in [1.82, 2.24) is 14.8 Å². The molecular formula is C10H11Cl2N3O2. The van der Waals surface area contributed by atoms with E-state index in [2.05, 4.69) is 5.32 Å². The molecule has 1 aromatic heterocycles. The van der Waals surface area contributed by atoms with Gasteiger partial charge in [0.05, 0.1) is 11.6 Å². The van der Waals surface area contributed by atoms with Crippen LogP contribution in [0.5, 0.6) is 0 Å². The summed E-state index contributed by atoms with van der Waals surface area (Å²) in [6.45, 7) is 1.03. The number of aromatic nitrogens is 1. The predicted molar refractivity (Wildman–Crippen MR) is 64.3 cm³/mol. The first kappa shape index (κ1) is 12.3. The highest BCUT2D eigenvalue weighted by Crippen LogP contribution is 2.25. The van der Waals surface area contributed by atoms with Gasteiger partial charge in [-0.2, -0.15) is 0 Å². The molecule has 0 spiro atoms. The zero-order chi connectivity index (χ0) is 12.6. The van der Waals surface area contributed by atoms with Crippen LogP contribution in [0, 0.1) is 0 Å². The van der Waals surface area contributed by atoms with Gasteiger partial charge in [-0.3, -0.25) is 9.59 Å². The Hall–Kier alpha value is -1.20. The molecule has 92 valence electrons. The SMILES string of the molecule is Cn1c(C(=O)N2CCNC(=O)C2)cc(Cl)c1Cl. The highest BCUT2D eigenvalue weighted by Gasteiger charge is 2.25. The minimum Gasteiger partial charge on any atom is -0.353 e. The van der Waals surface area contributed by atoms with E-state index in [1.807, 2.05) is 0 Å². The Morgan fingerprint density at radius 3 is 2.71 bits per heavy atom. The topological polar surface area (TPSA) is 54.3 Å². The predicted octanol–water partition coefficient (Wildman–Crippen LogP) is 0.904. The van der Waals surface area contributed by atoms with Gasteiger partial charge in [0.25, 0.3) is 5.91 Å². The fraction of sp³-hybridized carbons (Fsp3) is 0.400. The summed E-state index contributed by atoms with van der Waals surface area (Å²) in [7, 11) is 1.66. The lowest BCUT2D eigenvalue weighted by Gasteiger charge is -2.26. The van der Waals surface area contributed by atoms with Crippen LogP contribution in [0.1, 0.15) is 10.5 Å². The largest absolute Gasteiger partial charge is 0.353 e. The van der Waals surface area contributed by atoms with Crippen LogP contribution in [0.15, 0.2) is 6.07 Å². The number of hydrogen-bond donors (Lipinski definition) is 1. The van der Waals surface area contributed by atoms with E-state index >= 15 is 0 Å². The fourth-order valence-corrected chi connectivity index (χ4v) is 2.10. The molecule has 0 unspecified atom stereocenters. The molecule has 0 bridgehead atoms. The van der Waals surface area contributed by atoms with Crippen LogP contribution < -0.4 is 5.32 Å². The van der Waals surface area contributed by atoms with Gasteiger partial charge in [0.1, 0.15) is 10.8 Å². The number of piperazine rings is 1. The van der Waals surface area contributed by atoms with E-state index in [0.29, 0.717) is 29.0 Å². The summed E-state index contributed by atoms with van der Waals surface area (Å²) >= 11 is 11.7. The smallest absolute Gasteiger partial charge is 0.271 e. The van der Waals surface area contributed by atoms with E-state index in [1.54, 1.807) is 7.05 Å². The van der Waals surface area contributed by atoms with Crippen molar-refractivity contribution in [2.75, 3.05) is 19.6 Å². The Bertz CT molecular complexity index is 484. The standard InChI is InChI=1S/C10H11Cl2N3O2/c1-14-7(4-6(11)9(14)12)10(17)15-3-2-13-8(16)5-15/h4H,2-3,5H2,1H3,(H,13,16). The van der Waals surface area contributed by atoms with Gasteiger partial charge in [-0.05, 0) is 6.07 Å². The van der Waals surface area contributed by atoms with Gasteiger partial charge in [-0.1, -0.05) is 23.2 Å². The molecular weight excluding hydrogens is 265 g/mol. The Kier molecular flexibility index (Phi) is 3.31. The first-order valence-corrected chi connectivity index (χ1v) is 5.83. The minimum atomic E-state index is -0.240. The van der Waals surface area contributed by atoms with Crippen molar-refractivity contribution in [2.45, 2.75) is 0 Å². The Morgan fingerprint density at radius 2 is 2.18 bits per heavy atom. The lowest BCUT2D eigenvalue weighted by molar-refractivity contribution is -0.123. The van der Waals surface area contributed by atoms with E-state index in [1.165, 1.54) is 15.5 Å². The molecule has 2 heterocycles. The summed E-state index contributed by atoms with van der Waals surface area (Å²) < 4.78 is 1.51. The Labute approximate surface area is 108 Å². The molecule has 0 saturated carbocycles. The summed E-state index contributed by atoms with van der Waals surface area (Å²) in [6.07, 6.45) is 0. The van der Waals surface area contributed by atoms with E-state index in [0.717, 1.165) is 0 Å². The van der Waals surface area contributed by atoms with Crippen molar-refractivity contribution in [1.29, 1.82) is 0 Å². The summed E-state index contributed by atoms with van der Waals surface area (Å²) in [5.41, 5.74) is 0.384. The molecule has 5 nitrogen and oxygen atoms in total. The molecule has 1 aliphatic rings. The van der Waals surface area contributed by atoms with Crippen molar-refractivity contribution in [3.8, 4) is 0 Å². The Morgan fingerprint density at radius 1 is 1.47 bits per heavy atom. The normalized spacial score (nSPS) is 15.9. The number of nitrogens with one attached hydrogen (secondary N) is 1.